The number of rotatable bonds is 7. The van der Waals surface area contributed by atoms with Gasteiger partial charge in [-0.05, 0) is 61.9 Å². The molecule has 0 heterocycles. The predicted octanol–water partition coefficient (Wildman–Crippen LogP) is 6.48. The van der Waals surface area contributed by atoms with Crippen molar-refractivity contribution >= 4 is 17.5 Å². The van der Waals surface area contributed by atoms with Crippen molar-refractivity contribution in [3.8, 4) is 0 Å². The molecule has 2 aromatic carbocycles. The number of carbonyl (C=O) groups is 1. The van der Waals surface area contributed by atoms with Crippen LogP contribution in [0.15, 0.2) is 54.6 Å². The van der Waals surface area contributed by atoms with Gasteiger partial charge in [0.15, 0.2) is 5.78 Å². The molecule has 0 aromatic heterocycles. The van der Waals surface area contributed by atoms with Crippen LogP contribution in [0.4, 0.5) is 5.69 Å². The molecule has 1 aliphatic carbocycles. The van der Waals surface area contributed by atoms with Crippen molar-refractivity contribution in [2.75, 3.05) is 18.0 Å². The number of anilines is 1. The first-order chi connectivity index (χ1) is 13.2. The summed E-state index contributed by atoms with van der Waals surface area (Å²) in [6.07, 6.45) is 10.2. The summed E-state index contributed by atoms with van der Waals surface area (Å²) >= 11 is 0. The molecule has 142 valence electrons. The molecule has 27 heavy (non-hydrogen) atoms. The lowest BCUT2D eigenvalue weighted by atomic mass is 9.84. The Morgan fingerprint density at radius 1 is 0.926 bits per heavy atom. The van der Waals surface area contributed by atoms with Gasteiger partial charge in [0, 0.05) is 24.3 Å². The second-order valence-electron chi connectivity index (χ2n) is 7.42. The average Bonchev–Trinajstić information content (AvgIpc) is 2.74. The van der Waals surface area contributed by atoms with E-state index in [9.17, 15) is 4.79 Å². The normalized spacial score (nSPS) is 15.2. The Kier molecular flexibility index (Phi) is 6.86. The lowest BCUT2D eigenvalue weighted by Gasteiger charge is -2.21. The monoisotopic (exact) mass is 361 g/mol. The molecule has 0 aliphatic heterocycles. The summed E-state index contributed by atoms with van der Waals surface area (Å²) in [4.78, 5) is 14.8. The maximum atomic E-state index is 12.5. The van der Waals surface area contributed by atoms with E-state index in [0.29, 0.717) is 5.92 Å². The van der Waals surface area contributed by atoms with E-state index in [-0.39, 0.29) is 5.78 Å². The van der Waals surface area contributed by atoms with Gasteiger partial charge in [-0.3, -0.25) is 4.79 Å². The summed E-state index contributed by atoms with van der Waals surface area (Å²) in [5.41, 5.74) is 4.44. The molecular weight excluding hydrogens is 330 g/mol. The van der Waals surface area contributed by atoms with Gasteiger partial charge in [0.05, 0.1) is 0 Å². The summed E-state index contributed by atoms with van der Waals surface area (Å²) in [5.74, 6) is 0.751. The second kappa shape index (κ2) is 9.55. The van der Waals surface area contributed by atoms with Crippen molar-refractivity contribution < 1.29 is 4.79 Å². The Balaban J connectivity index is 1.62. The maximum Gasteiger partial charge on any atom is 0.185 e. The van der Waals surface area contributed by atoms with Crippen LogP contribution in [-0.4, -0.2) is 18.9 Å². The highest BCUT2D eigenvalue weighted by molar-refractivity contribution is 6.06. The number of carbonyl (C=O) groups excluding carboxylic acids is 1. The zero-order valence-corrected chi connectivity index (χ0v) is 16.7. The Morgan fingerprint density at radius 2 is 1.56 bits per heavy atom. The number of nitrogens with zero attached hydrogens (tertiary/aromatic N) is 1. The van der Waals surface area contributed by atoms with Crippen LogP contribution in [0, 0.1) is 0 Å². The second-order valence-corrected chi connectivity index (χ2v) is 7.42. The Hall–Kier alpha value is -2.35. The first-order valence-corrected chi connectivity index (χ1v) is 10.4. The Bertz CT molecular complexity index is 748. The van der Waals surface area contributed by atoms with Gasteiger partial charge in [0.1, 0.15) is 0 Å². The molecule has 2 heteroatoms. The molecule has 0 bridgehead atoms. The van der Waals surface area contributed by atoms with Crippen LogP contribution >= 0.6 is 0 Å². The van der Waals surface area contributed by atoms with Crippen LogP contribution in [0.5, 0.6) is 0 Å². The van der Waals surface area contributed by atoms with Crippen molar-refractivity contribution in [3.63, 3.8) is 0 Å². The first-order valence-electron chi connectivity index (χ1n) is 10.4. The minimum atomic E-state index is 0.0676. The van der Waals surface area contributed by atoms with Crippen molar-refractivity contribution in [1.82, 2.24) is 0 Å². The highest BCUT2D eigenvalue weighted by Crippen LogP contribution is 2.32. The summed E-state index contributed by atoms with van der Waals surface area (Å²) in [6, 6.07) is 16.7. The number of allylic oxidation sites excluding steroid dienone is 1. The van der Waals surface area contributed by atoms with Gasteiger partial charge in [-0.2, -0.15) is 0 Å². The van der Waals surface area contributed by atoms with Gasteiger partial charge < -0.3 is 4.90 Å². The fourth-order valence-corrected chi connectivity index (χ4v) is 4.01. The number of ketones is 1. The lowest BCUT2D eigenvalue weighted by molar-refractivity contribution is 0.104. The molecule has 0 amide bonds. The molecule has 0 radical (unpaired) electrons. The van der Waals surface area contributed by atoms with E-state index in [1.54, 1.807) is 6.08 Å². The Morgan fingerprint density at radius 3 is 2.15 bits per heavy atom. The van der Waals surface area contributed by atoms with Crippen LogP contribution in [0.25, 0.3) is 6.08 Å². The average molecular weight is 362 g/mol. The van der Waals surface area contributed by atoms with Crippen molar-refractivity contribution in [2.24, 2.45) is 0 Å². The molecule has 2 nitrogen and oxygen atoms in total. The quantitative estimate of drug-likeness (QED) is 0.416. The zero-order valence-electron chi connectivity index (χ0n) is 16.7. The maximum absolute atomic E-state index is 12.5. The van der Waals surface area contributed by atoms with E-state index >= 15 is 0 Å². The molecule has 1 fully saturated rings. The number of hydrogen-bond acceptors (Lipinski definition) is 2. The van der Waals surface area contributed by atoms with E-state index < -0.39 is 0 Å². The Labute approximate surface area is 163 Å². The fourth-order valence-electron chi connectivity index (χ4n) is 4.01. The molecule has 2 aromatic rings. The molecular formula is C25H31NO. The lowest BCUT2D eigenvalue weighted by Crippen LogP contribution is -2.21. The number of benzene rings is 2. The standard InChI is InChI=1S/C25H31NO/c1-3-26(4-2)24-17-10-20(11-18-24)12-19-25(27)23-15-13-22(14-16-23)21-8-6-5-7-9-21/h10-19,21H,3-9H2,1-2H3/b19-12+. The van der Waals surface area contributed by atoms with Crippen LogP contribution < -0.4 is 4.90 Å². The smallest absolute Gasteiger partial charge is 0.185 e. The zero-order chi connectivity index (χ0) is 19.1. The van der Waals surface area contributed by atoms with E-state index in [0.717, 1.165) is 24.2 Å². The van der Waals surface area contributed by atoms with Crippen LogP contribution in [0.2, 0.25) is 0 Å². The molecule has 0 atom stereocenters. The summed E-state index contributed by atoms with van der Waals surface area (Å²) < 4.78 is 0. The minimum Gasteiger partial charge on any atom is -0.372 e. The van der Waals surface area contributed by atoms with E-state index in [1.165, 1.54) is 43.4 Å². The van der Waals surface area contributed by atoms with Gasteiger partial charge in [-0.15, -0.1) is 0 Å². The third-order valence-corrected chi connectivity index (χ3v) is 5.72. The third kappa shape index (κ3) is 5.09. The minimum absolute atomic E-state index is 0.0676. The molecule has 3 rings (SSSR count). The highest BCUT2D eigenvalue weighted by Gasteiger charge is 2.15. The van der Waals surface area contributed by atoms with Gasteiger partial charge in [-0.1, -0.05) is 61.7 Å². The largest absolute Gasteiger partial charge is 0.372 e. The summed E-state index contributed by atoms with van der Waals surface area (Å²) in [5, 5.41) is 0. The van der Waals surface area contributed by atoms with Crippen LogP contribution in [-0.2, 0) is 0 Å². The fraction of sp³-hybridized carbons (Fsp3) is 0.400. The summed E-state index contributed by atoms with van der Waals surface area (Å²) in [6.45, 7) is 6.33. The van der Waals surface area contributed by atoms with E-state index in [2.05, 4.69) is 55.1 Å². The molecule has 0 saturated heterocycles. The molecule has 1 aliphatic rings. The van der Waals surface area contributed by atoms with Gasteiger partial charge in [0.2, 0.25) is 0 Å². The van der Waals surface area contributed by atoms with Gasteiger partial charge >= 0.3 is 0 Å². The summed E-state index contributed by atoms with van der Waals surface area (Å²) in [7, 11) is 0. The van der Waals surface area contributed by atoms with E-state index in [4.69, 9.17) is 0 Å². The first kappa shape index (κ1) is 19.4. The predicted molar refractivity (Wildman–Crippen MR) is 116 cm³/mol. The molecule has 0 N–H and O–H groups in total. The SMILES string of the molecule is CCN(CC)c1ccc(/C=C/C(=O)c2ccc(C3CCCCC3)cc2)cc1. The molecule has 0 unspecified atom stereocenters. The number of hydrogen-bond donors (Lipinski definition) is 0. The van der Waals surface area contributed by atoms with Crippen molar-refractivity contribution in [2.45, 2.75) is 51.9 Å². The molecule has 0 spiro atoms. The van der Waals surface area contributed by atoms with Crippen LogP contribution in [0.1, 0.15) is 73.4 Å². The highest BCUT2D eigenvalue weighted by atomic mass is 16.1. The van der Waals surface area contributed by atoms with E-state index in [1.807, 2.05) is 18.2 Å². The third-order valence-electron chi connectivity index (χ3n) is 5.72. The topological polar surface area (TPSA) is 20.3 Å². The van der Waals surface area contributed by atoms with Crippen molar-refractivity contribution in [3.05, 3.63) is 71.3 Å². The van der Waals surface area contributed by atoms with Gasteiger partial charge in [-0.25, -0.2) is 0 Å². The van der Waals surface area contributed by atoms with Crippen LogP contribution in [0.3, 0.4) is 0 Å². The molecule has 1 saturated carbocycles. The van der Waals surface area contributed by atoms with Crippen molar-refractivity contribution in [1.29, 1.82) is 0 Å². The van der Waals surface area contributed by atoms with Gasteiger partial charge in [0.25, 0.3) is 0 Å².